The Morgan fingerprint density at radius 3 is 2.38 bits per heavy atom. The fraction of sp³-hybridized carbons (Fsp3) is 0.0833. The minimum absolute atomic E-state index is 0.0567. The zero-order chi connectivity index (χ0) is 22.6. The number of aromatic nitrogens is 1. The van der Waals surface area contributed by atoms with Gasteiger partial charge in [-0.15, -0.1) is 0 Å². The fourth-order valence-corrected chi connectivity index (χ4v) is 4.13. The smallest absolute Gasteiger partial charge is 0.265 e. The SMILES string of the molecule is CC(Oc1cccc2ccccc12)C(=O)Nc1ccc(S(=O)(=O)Nc2ccccn2)cc1. The Morgan fingerprint density at radius 1 is 0.906 bits per heavy atom. The van der Waals surface area contributed by atoms with E-state index in [-0.39, 0.29) is 16.6 Å². The van der Waals surface area contributed by atoms with Gasteiger partial charge in [-0.25, -0.2) is 13.4 Å². The van der Waals surface area contributed by atoms with Crippen LogP contribution in [0.15, 0.2) is 96.0 Å². The van der Waals surface area contributed by atoms with Gasteiger partial charge in [0.15, 0.2) is 6.10 Å². The number of sulfonamides is 1. The third kappa shape index (κ3) is 4.87. The number of benzene rings is 3. The molecule has 0 saturated heterocycles. The number of hydrogen-bond donors (Lipinski definition) is 2. The Kier molecular flexibility index (Phi) is 6.04. The maximum Gasteiger partial charge on any atom is 0.265 e. The van der Waals surface area contributed by atoms with E-state index in [4.69, 9.17) is 4.74 Å². The Labute approximate surface area is 186 Å². The molecule has 1 heterocycles. The first-order chi connectivity index (χ1) is 15.4. The molecule has 0 aliphatic rings. The van der Waals surface area contributed by atoms with Crippen LogP contribution in [0.5, 0.6) is 5.75 Å². The molecule has 4 aromatic rings. The van der Waals surface area contributed by atoms with Gasteiger partial charge in [0.1, 0.15) is 11.6 Å². The van der Waals surface area contributed by atoms with Crippen LogP contribution in [0.3, 0.4) is 0 Å². The van der Waals surface area contributed by atoms with Gasteiger partial charge < -0.3 is 10.1 Å². The number of fused-ring (bicyclic) bond motifs is 1. The number of hydrogen-bond acceptors (Lipinski definition) is 5. The first-order valence-electron chi connectivity index (χ1n) is 9.91. The highest BCUT2D eigenvalue weighted by atomic mass is 32.2. The standard InChI is InChI=1S/C24H21N3O4S/c1-17(31-22-10-6-8-18-7-2-3-9-21(18)22)24(28)26-19-12-14-20(15-13-19)32(29,30)27-23-11-4-5-16-25-23/h2-17H,1H3,(H,25,27)(H,26,28). The zero-order valence-corrected chi connectivity index (χ0v) is 18.0. The Morgan fingerprint density at radius 2 is 1.62 bits per heavy atom. The predicted molar refractivity (Wildman–Crippen MR) is 124 cm³/mol. The van der Waals surface area contributed by atoms with Crippen LogP contribution in [0.4, 0.5) is 11.5 Å². The topological polar surface area (TPSA) is 97.4 Å². The summed E-state index contributed by atoms with van der Waals surface area (Å²) < 4.78 is 33.3. The van der Waals surface area contributed by atoms with Gasteiger partial charge >= 0.3 is 0 Å². The highest BCUT2D eigenvalue weighted by molar-refractivity contribution is 7.92. The van der Waals surface area contributed by atoms with Crippen LogP contribution in [-0.2, 0) is 14.8 Å². The maximum absolute atomic E-state index is 12.6. The van der Waals surface area contributed by atoms with E-state index in [1.165, 1.54) is 30.5 Å². The molecular weight excluding hydrogens is 426 g/mol. The molecule has 0 spiro atoms. The average molecular weight is 448 g/mol. The number of ether oxygens (including phenoxy) is 1. The molecule has 162 valence electrons. The van der Waals surface area contributed by atoms with Crippen LogP contribution < -0.4 is 14.8 Å². The van der Waals surface area contributed by atoms with Crippen molar-refractivity contribution in [2.24, 2.45) is 0 Å². The summed E-state index contributed by atoms with van der Waals surface area (Å²) in [6, 6.07) is 24.3. The van der Waals surface area contributed by atoms with Crippen molar-refractivity contribution in [3.63, 3.8) is 0 Å². The molecule has 0 saturated carbocycles. The summed E-state index contributed by atoms with van der Waals surface area (Å²) in [7, 11) is -3.79. The van der Waals surface area contributed by atoms with Gasteiger partial charge in [-0.2, -0.15) is 0 Å². The summed E-state index contributed by atoms with van der Waals surface area (Å²) in [6.45, 7) is 1.66. The molecule has 0 bridgehead atoms. The van der Waals surface area contributed by atoms with Crippen molar-refractivity contribution in [2.75, 3.05) is 10.0 Å². The summed E-state index contributed by atoms with van der Waals surface area (Å²) in [5.41, 5.74) is 0.458. The maximum atomic E-state index is 12.6. The Hall–Kier alpha value is -3.91. The molecular formula is C24H21N3O4S. The summed E-state index contributed by atoms with van der Waals surface area (Å²) >= 11 is 0. The monoisotopic (exact) mass is 447 g/mol. The van der Waals surface area contributed by atoms with Crippen LogP contribution in [0.25, 0.3) is 10.8 Å². The molecule has 1 aromatic heterocycles. The van der Waals surface area contributed by atoms with E-state index in [1.54, 1.807) is 25.1 Å². The van der Waals surface area contributed by atoms with Crippen LogP contribution in [0, 0.1) is 0 Å². The van der Waals surface area contributed by atoms with Gasteiger partial charge in [-0.05, 0) is 54.8 Å². The quantitative estimate of drug-likeness (QED) is 0.436. The largest absolute Gasteiger partial charge is 0.480 e. The van der Waals surface area contributed by atoms with Gasteiger partial charge in [-0.1, -0.05) is 42.5 Å². The second kappa shape index (κ2) is 9.07. The molecule has 4 rings (SSSR count). The number of nitrogens with zero attached hydrogens (tertiary/aromatic N) is 1. The molecule has 1 amide bonds. The Balaban J connectivity index is 1.42. The van der Waals surface area contributed by atoms with Crippen molar-refractivity contribution >= 4 is 38.2 Å². The molecule has 0 aliphatic heterocycles. The number of rotatable bonds is 7. The van der Waals surface area contributed by atoms with Crippen molar-refractivity contribution in [1.29, 1.82) is 0 Å². The van der Waals surface area contributed by atoms with Crippen LogP contribution in [-0.4, -0.2) is 25.4 Å². The summed E-state index contributed by atoms with van der Waals surface area (Å²) in [5, 5.41) is 4.69. The van der Waals surface area contributed by atoms with Crippen molar-refractivity contribution in [3.05, 3.63) is 91.1 Å². The molecule has 7 nitrogen and oxygen atoms in total. The molecule has 0 radical (unpaired) electrons. The lowest BCUT2D eigenvalue weighted by Crippen LogP contribution is -2.30. The van der Waals surface area contributed by atoms with Crippen molar-refractivity contribution in [3.8, 4) is 5.75 Å². The van der Waals surface area contributed by atoms with Crippen molar-refractivity contribution in [2.45, 2.75) is 17.9 Å². The number of amides is 1. The molecule has 2 N–H and O–H groups in total. The van der Waals surface area contributed by atoms with Gasteiger partial charge in [0, 0.05) is 17.3 Å². The number of nitrogens with one attached hydrogen (secondary N) is 2. The third-order valence-corrected chi connectivity index (χ3v) is 6.13. The van der Waals surface area contributed by atoms with E-state index in [0.29, 0.717) is 11.4 Å². The molecule has 1 unspecified atom stereocenters. The fourth-order valence-electron chi connectivity index (χ4n) is 3.12. The van der Waals surface area contributed by atoms with Gasteiger partial charge in [0.25, 0.3) is 15.9 Å². The molecule has 8 heteroatoms. The van der Waals surface area contributed by atoms with Gasteiger partial charge in [0.05, 0.1) is 4.90 Å². The highest BCUT2D eigenvalue weighted by Crippen LogP contribution is 2.26. The Bertz CT molecular complexity index is 1340. The lowest BCUT2D eigenvalue weighted by molar-refractivity contribution is -0.122. The molecule has 1 atom stereocenters. The first kappa shape index (κ1) is 21.3. The average Bonchev–Trinajstić information content (AvgIpc) is 2.80. The van der Waals surface area contributed by atoms with E-state index in [2.05, 4.69) is 15.0 Å². The predicted octanol–water partition coefficient (Wildman–Crippen LogP) is 4.44. The highest BCUT2D eigenvalue weighted by Gasteiger charge is 2.18. The zero-order valence-electron chi connectivity index (χ0n) is 17.2. The molecule has 32 heavy (non-hydrogen) atoms. The second-order valence-electron chi connectivity index (χ2n) is 7.07. The lowest BCUT2D eigenvalue weighted by atomic mass is 10.1. The van der Waals surface area contributed by atoms with E-state index in [9.17, 15) is 13.2 Å². The van der Waals surface area contributed by atoms with Gasteiger partial charge in [0.2, 0.25) is 0 Å². The summed E-state index contributed by atoms with van der Waals surface area (Å²) in [6.07, 6.45) is 0.743. The van der Waals surface area contributed by atoms with E-state index in [1.807, 2.05) is 42.5 Å². The number of carbonyl (C=O) groups is 1. The number of pyridine rings is 1. The van der Waals surface area contributed by atoms with E-state index < -0.39 is 16.1 Å². The van der Waals surface area contributed by atoms with Crippen molar-refractivity contribution in [1.82, 2.24) is 4.98 Å². The minimum Gasteiger partial charge on any atom is -0.480 e. The molecule has 3 aromatic carbocycles. The van der Waals surface area contributed by atoms with Gasteiger partial charge in [-0.3, -0.25) is 9.52 Å². The van der Waals surface area contributed by atoms with Crippen LogP contribution in [0.1, 0.15) is 6.92 Å². The minimum atomic E-state index is -3.79. The summed E-state index contributed by atoms with van der Waals surface area (Å²) in [4.78, 5) is 16.6. The van der Waals surface area contributed by atoms with E-state index >= 15 is 0 Å². The third-order valence-electron chi connectivity index (χ3n) is 4.76. The van der Waals surface area contributed by atoms with Crippen molar-refractivity contribution < 1.29 is 17.9 Å². The van der Waals surface area contributed by atoms with Crippen LogP contribution >= 0.6 is 0 Å². The molecule has 0 fully saturated rings. The summed E-state index contributed by atoms with van der Waals surface area (Å²) in [5.74, 6) is 0.497. The van der Waals surface area contributed by atoms with Crippen LogP contribution in [0.2, 0.25) is 0 Å². The first-order valence-corrected chi connectivity index (χ1v) is 11.4. The lowest BCUT2D eigenvalue weighted by Gasteiger charge is -2.16. The van der Waals surface area contributed by atoms with E-state index in [0.717, 1.165) is 10.8 Å². The number of carbonyl (C=O) groups excluding carboxylic acids is 1. The molecule has 0 aliphatic carbocycles. The normalized spacial score (nSPS) is 12.2. The number of anilines is 2. The second-order valence-corrected chi connectivity index (χ2v) is 8.75.